The second-order valence-electron chi connectivity index (χ2n) is 4.82. The summed E-state index contributed by atoms with van der Waals surface area (Å²) in [4.78, 5) is 10.1. The van der Waals surface area contributed by atoms with Gasteiger partial charge in [-0.2, -0.15) is 0 Å². The van der Waals surface area contributed by atoms with Crippen molar-refractivity contribution < 1.29 is 4.79 Å². The van der Waals surface area contributed by atoms with Gasteiger partial charge in [0, 0.05) is 6.42 Å². The number of rotatable bonds is 13. The Bertz CT molecular complexity index is 406. The van der Waals surface area contributed by atoms with Crippen LogP contribution in [0.3, 0.4) is 0 Å². The standard InChI is InChI=1S/C21H30O/c1-2-3-4-5-6-7-8-9-10-11-12-13-14-15-16-17-18-19-20-21-22/h3-4,6-7,9-10,12-13,15-16,18-19,21H,2,5,8,11,14,17,20H2,1H3/b4-3+,7-6+,10-9+,13-12+,16-15+,19-18+. The molecule has 0 aliphatic rings. The van der Waals surface area contributed by atoms with Gasteiger partial charge in [-0.25, -0.2) is 0 Å². The van der Waals surface area contributed by atoms with Crippen molar-refractivity contribution >= 4 is 6.29 Å². The summed E-state index contributed by atoms with van der Waals surface area (Å²) in [5.41, 5.74) is 0. The van der Waals surface area contributed by atoms with Gasteiger partial charge < -0.3 is 4.79 Å². The fourth-order valence-corrected chi connectivity index (χ4v) is 1.67. The zero-order chi connectivity index (χ0) is 16.1. The molecule has 1 nitrogen and oxygen atoms in total. The Kier molecular flexibility index (Phi) is 17.5. The highest BCUT2D eigenvalue weighted by atomic mass is 16.1. The third-order valence-electron chi connectivity index (χ3n) is 2.83. The summed E-state index contributed by atoms with van der Waals surface area (Å²) in [7, 11) is 0. The van der Waals surface area contributed by atoms with E-state index in [1.54, 1.807) is 0 Å². The largest absolute Gasteiger partial charge is 0.303 e. The highest BCUT2D eigenvalue weighted by Crippen LogP contribution is 1.96. The van der Waals surface area contributed by atoms with Crippen molar-refractivity contribution in [1.29, 1.82) is 0 Å². The van der Waals surface area contributed by atoms with Gasteiger partial charge in [-0.15, -0.1) is 0 Å². The second-order valence-corrected chi connectivity index (χ2v) is 4.82. The van der Waals surface area contributed by atoms with Gasteiger partial charge in [0.25, 0.3) is 0 Å². The zero-order valence-electron chi connectivity index (χ0n) is 13.9. The van der Waals surface area contributed by atoms with Gasteiger partial charge in [-0.05, 0) is 38.5 Å². The first-order chi connectivity index (χ1) is 10.9. The van der Waals surface area contributed by atoms with Crippen molar-refractivity contribution in [3.8, 4) is 0 Å². The van der Waals surface area contributed by atoms with Gasteiger partial charge in [-0.1, -0.05) is 79.8 Å². The van der Waals surface area contributed by atoms with E-state index in [4.69, 9.17) is 0 Å². The molecule has 0 saturated carbocycles. The van der Waals surface area contributed by atoms with Crippen molar-refractivity contribution in [2.45, 2.75) is 51.9 Å². The molecule has 1 heteroatoms. The summed E-state index contributed by atoms with van der Waals surface area (Å²) in [5.74, 6) is 0. The highest BCUT2D eigenvalue weighted by molar-refractivity contribution is 5.51. The SMILES string of the molecule is CC/C=C/C/C=C/C/C=C/C/C=C/C/C=C/C/C=C/CC=O. The van der Waals surface area contributed by atoms with Crippen LogP contribution >= 0.6 is 0 Å². The smallest absolute Gasteiger partial charge is 0.123 e. The van der Waals surface area contributed by atoms with Gasteiger partial charge >= 0.3 is 0 Å². The van der Waals surface area contributed by atoms with Crippen molar-refractivity contribution in [2.75, 3.05) is 0 Å². The minimum absolute atomic E-state index is 0.519. The topological polar surface area (TPSA) is 17.1 Å². The molecule has 0 aliphatic carbocycles. The molecule has 120 valence electrons. The number of carbonyl (C=O) groups excluding carboxylic acids is 1. The Morgan fingerprint density at radius 3 is 1.00 bits per heavy atom. The molecule has 0 saturated heterocycles. The van der Waals surface area contributed by atoms with Crippen LogP contribution in [-0.4, -0.2) is 6.29 Å². The molecule has 0 unspecified atom stereocenters. The fraction of sp³-hybridized carbons (Fsp3) is 0.381. The van der Waals surface area contributed by atoms with Gasteiger partial charge in [0.2, 0.25) is 0 Å². The van der Waals surface area contributed by atoms with E-state index < -0.39 is 0 Å². The zero-order valence-corrected chi connectivity index (χ0v) is 13.9. The Morgan fingerprint density at radius 2 is 0.727 bits per heavy atom. The van der Waals surface area contributed by atoms with Gasteiger partial charge in [0.15, 0.2) is 0 Å². The molecular weight excluding hydrogens is 268 g/mol. The molecule has 0 rings (SSSR count). The first-order valence-electron chi connectivity index (χ1n) is 8.25. The average molecular weight is 298 g/mol. The van der Waals surface area contributed by atoms with Crippen molar-refractivity contribution in [3.63, 3.8) is 0 Å². The molecule has 0 aromatic rings. The third-order valence-corrected chi connectivity index (χ3v) is 2.83. The summed E-state index contributed by atoms with van der Waals surface area (Å²) < 4.78 is 0. The molecule has 0 N–H and O–H groups in total. The van der Waals surface area contributed by atoms with Crippen molar-refractivity contribution in [1.82, 2.24) is 0 Å². The van der Waals surface area contributed by atoms with Gasteiger partial charge in [0.05, 0.1) is 0 Å². The van der Waals surface area contributed by atoms with Crippen molar-refractivity contribution in [2.24, 2.45) is 0 Å². The molecule has 0 atom stereocenters. The summed E-state index contributed by atoms with van der Waals surface area (Å²) in [5, 5.41) is 0. The van der Waals surface area contributed by atoms with E-state index in [0.717, 1.165) is 44.8 Å². The molecule has 0 aromatic carbocycles. The van der Waals surface area contributed by atoms with Gasteiger partial charge in [-0.3, -0.25) is 0 Å². The molecule has 0 fully saturated rings. The molecule has 0 heterocycles. The second kappa shape index (κ2) is 19.1. The van der Waals surface area contributed by atoms with E-state index in [1.807, 2.05) is 12.2 Å². The lowest BCUT2D eigenvalue weighted by Crippen LogP contribution is -1.66. The van der Waals surface area contributed by atoms with E-state index in [0.29, 0.717) is 6.42 Å². The summed E-state index contributed by atoms with van der Waals surface area (Å²) in [6.45, 7) is 2.15. The molecule has 0 spiro atoms. The molecule has 0 radical (unpaired) electrons. The van der Waals surface area contributed by atoms with E-state index >= 15 is 0 Å². The average Bonchev–Trinajstić information content (AvgIpc) is 2.54. The van der Waals surface area contributed by atoms with Crippen LogP contribution < -0.4 is 0 Å². The van der Waals surface area contributed by atoms with Crippen LogP contribution in [-0.2, 0) is 4.79 Å². The molecule has 0 amide bonds. The highest BCUT2D eigenvalue weighted by Gasteiger charge is 1.76. The summed E-state index contributed by atoms with van der Waals surface area (Å²) in [6, 6.07) is 0. The summed E-state index contributed by atoms with van der Waals surface area (Å²) >= 11 is 0. The number of hydrogen-bond acceptors (Lipinski definition) is 1. The van der Waals surface area contributed by atoms with E-state index in [9.17, 15) is 4.79 Å². The molecule has 0 aromatic heterocycles. The summed E-state index contributed by atoms with van der Waals surface area (Å²) in [6.07, 6.45) is 33.3. The van der Waals surface area contributed by atoms with Crippen LogP contribution in [0.15, 0.2) is 72.9 Å². The van der Waals surface area contributed by atoms with Crippen LogP contribution in [0.4, 0.5) is 0 Å². The quantitative estimate of drug-likeness (QED) is 0.289. The predicted octanol–water partition coefficient (Wildman–Crippen LogP) is 6.27. The minimum Gasteiger partial charge on any atom is -0.303 e. The Hall–Kier alpha value is -1.89. The lowest BCUT2D eigenvalue weighted by atomic mass is 10.2. The minimum atomic E-state index is 0.519. The van der Waals surface area contributed by atoms with Crippen LogP contribution in [0, 0.1) is 0 Å². The normalized spacial score (nSPS) is 13.1. The first kappa shape index (κ1) is 20.1. The van der Waals surface area contributed by atoms with Crippen LogP contribution in [0.5, 0.6) is 0 Å². The maximum absolute atomic E-state index is 10.1. The third kappa shape index (κ3) is 18.1. The van der Waals surface area contributed by atoms with Gasteiger partial charge in [0.1, 0.15) is 6.29 Å². The fourth-order valence-electron chi connectivity index (χ4n) is 1.67. The number of allylic oxidation sites excluding steroid dienone is 12. The predicted molar refractivity (Wildman–Crippen MR) is 98.9 cm³/mol. The number of hydrogen-bond donors (Lipinski definition) is 0. The lowest BCUT2D eigenvalue weighted by Gasteiger charge is -1.85. The molecule has 22 heavy (non-hydrogen) atoms. The van der Waals surface area contributed by atoms with E-state index in [-0.39, 0.29) is 0 Å². The molecule has 0 aliphatic heterocycles. The maximum atomic E-state index is 10.1. The first-order valence-corrected chi connectivity index (χ1v) is 8.25. The Labute approximate surface area is 136 Å². The Balaban J connectivity index is 3.49. The monoisotopic (exact) mass is 298 g/mol. The molecule has 0 bridgehead atoms. The van der Waals surface area contributed by atoms with Crippen LogP contribution in [0.1, 0.15) is 51.9 Å². The van der Waals surface area contributed by atoms with E-state index in [1.165, 1.54) is 0 Å². The number of carbonyl (C=O) groups is 1. The van der Waals surface area contributed by atoms with Crippen molar-refractivity contribution in [3.05, 3.63) is 72.9 Å². The van der Waals surface area contributed by atoms with E-state index in [2.05, 4.69) is 67.7 Å². The Morgan fingerprint density at radius 1 is 0.455 bits per heavy atom. The van der Waals surface area contributed by atoms with Crippen LogP contribution in [0.2, 0.25) is 0 Å². The number of aldehydes is 1. The maximum Gasteiger partial charge on any atom is 0.123 e. The lowest BCUT2D eigenvalue weighted by molar-refractivity contribution is -0.107. The molecular formula is C21H30O. The van der Waals surface area contributed by atoms with Crippen LogP contribution in [0.25, 0.3) is 0 Å².